The Balaban J connectivity index is 2.43. The summed E-state index contributed by atoms with van der Waals surface area (Å²) in [5, 5.41) is 0. The molecule has 3 aromatic rings. The van der Waals surface area contributed by atoms with Crippen LogP contribution in [0.1, 0.15) is 70.8 Å². The molecule has 0 fully saturated rings. The van der Waals surface area contributed by atoms with E-state index in [2.05, 4.69) is 113 Å². The van der Waals surface area contributed by atoms with E-state index in [1.54, 1.807) is 0 Å². The van der Waals surface area contributed by atoms with Crippen molar-refractivity contribution in [3.8, 4) is 0 Å². The zero-order valence-corrected chi connectivity index (χ0v) is 21.5. The maximum Gasteiger partial charge on any atom is 0.243 e. The predicted molar refractivity (Wildman–Crippen MR) is 141 cm³/mol. The van der Waals surface area contributed by atoms with Gasteiger partial charge >= 0.3 is 0 Å². The van der Waals surface area contributed by atoms with E-state index in [0.29, 0.717) is 0 Å². The molecule has 0 N–H and O–H groups in total. The summed E-state index contributed by atoms with van der Waals surface area (Å²) < 4.78 is 0. The molecular weight excluding hydrogens is 371 g/mol. The molecule has 0 spiro atoms. The van der Waals surface area contributed by atoms with Gasteiger partial charge in [0, 0.05) is 0 Å². The van der Waals surface area contributed by atoms with Crippen molar-refractivity contribution in [3.05, 3.63) is 86.5 Å². The van der Waals surface area contributed by atoms with Crippen LogP contribution >= 0.6 is 0 Å². The number of hydrogen-bond donors (Lipinski definition) is 0. The van der Waals surface area contributed by atoms with Crippen molar-refractivity contribution in [1.82, 2.24) is 0 Å². The fourth-order valence-corrected chi connectivity index (χ4v) is 5.59. The van der Waals surface area contributed by atoms with Crippen LogP contribution in [-0.4, -0.2) is 6.71 Å². The molecule has 0 amide bonds. The zero-order chi connectivity index (χ0) is 23.2. The van der Waals surface area contributed by atoms with Gasteiger partial charge in [0.2, 0.25) is 6.71 Å². The molecule has 3 aromatic carbocycles. The SMILES string of the molecule is Cc1cc(C)c(B(c2c(C)cc(C)cc2C)c2c(C)cc(C(C)(C)C)cc2C)c(C)c1. The highest BCUT2D eigenvalue weighted by Crippen LogP contribution is 2.24. The highest BCUT2D eigenvalue weighted by atomic mass is 14.2. The highest BCUT2D eigenvalue weighted by Gasteiger charge is 2.31. The normalized spacial score (nSPS) is 11.7. The monoisotopic (exact) mass is 410 g/mol. The molecule has 0 aliphatic rings. The van der Waals surface area contributed by atoms with Crippen LogP contribution in [0.15, 0.2) is 36.4 Å². The van der Waals surface area contributed by atoms with Crippen molar-refractivity contribution in [1.29, 1.82) is 0 Å². The molecule has 1 heteroatoms. The van der Waals surface area contributed by atoms with Crippen molar-refractivity contribution in [2.75, 3.05) is 0 Å². The van der Waals surface area contributed by atoms with E-state index in [-0.39, 0.29) is 12.1 Å². The highest BCUT2D eigenvalue weighted by molar-refractivity contribution is 6.97. The minimum atomic E-state index is 0.148. The Hall–Kier alpha value is -2.28. The first-order valence-electron chi connectivity index (χ1n) is 11.6. The standard InChI is InChI=1S/C30H39B/c1-18-12-20(3)27(21(4)13-18)31(28-22(5)14-19(2)15-23(28)6)29-24(7)16-26(17-25(29)8)30(9,10)11/h12-17H,1-11H3. The summed E-state index contributed by atoms with van der Waals surface area (Å²) in [4.78, 5) is 0. The van der Waals surface area contributed by atoms with Gasteiger partial charge in [0.15, 0.2) is 0 Å². The zero-order valence-electron chi connectivity index (χ0n) is 21.5. The third-order valence-electron chi connectivity index (χ3n) is 6.80. The fourth-order valence-electron chi connectivity index (χ4n) is 5.59. The van der Waals surface area contributed by atoms with Gasteiger partial charge in [-0.15, -0.1) is 0 Å². The number of rotatable bonds is 3. The second-order valence-corrected chi connectivity index (χ2v) is 10.8. The van der Waals surface area contributed by atoms with E-state index in [1.807, 2.05) is 0 Å². The lowest BCUT2D eigenvalue weighted by Gasteiger charge is -2.29. The molecule has 162 valence electrons. The van der Waals surface area contributed by atoms with Crippen molar-refractivity contribution in [2.45, 2.75) is 81.6 Å². The second-order valence-electron chi connectivity index (χ2n) is 10.8. The Morgan fingerprint density at radius 3 is 0.968 bits per heavy atom. The van der Waals surface area contributed by atoms with Gasteiger partial charge in [-0.25, -0.2) is 0 Å². The van der Waals surface area contributed by atoms with Crippen LogP contribution in [0.3, 0.4) is 0 Å². The Bertz CT molecular complexity index is 1020. The van der Waals surface area contributed by atoms with Crippen LogP contribution in [0, 0.1) is 55.4 Å². The lowest BCUT2D eigenvalue weighted by molar-refractivity contribution is 0.589. The van der Waals surface area contributed by atoms with E-state index >= 15 is 0 Å². The van der Waals surface area contributed by atoms with E-state index in [9.17, 15) is 0 Å². The number of benzene rings is 3. The molecule has 0 saturated heterocycles. The number of hydrogen-bond acceptors (Lipinski definition) is 0. The maximum atomic E-state index is 2.42. The molecule has 0 atom stereocenters. The van der Waals surface area contributed by atoms with Crippen LogP contribution < -0.4 is 16.4 Å². The minimum Gasteiger partial charge on any atom is -0.0629 e. The number of aryl methyl sites for hydroxylation is 8. The van der Waals surface area contributed by atoms with E-state index < -0.39 is 0 Å². The van der Waals surface area contributed by atoms with Gasteiger partial charge < -0.3 is 0 Å². The molecule has 0 aliphatic heterocycles. The summed E-state index contributed by atoms with van der Waals surface area (Å²) in [6.45, 7) is 25.3. The summed E-state index contributed by atoms with van der Waals surface area (Å²) in [7, 11) is 0. The molecule has 3 rings (SSSR count). The van der Waals surface area contributed by atoms with Gasteiger partial charge in [-0.3, -0.25) is 0 Å². The van der Waals surface area contributed by atoms with Crippen LogP contribution in [0.2, 0.25) is 0 Å². The van der Waals surface area contributed by atoms with Crippen LogP contribution in [0.25, 0.3) is 0 Å². The Kier molecular flexibility index (Phi) is 6.29. The van der Waals surface area contributed by atoms with Crippen molar-refractivity contribution in [2.24, 2.45) is 0 Å². The lowest BCUT2D eigenvalue weighted by atomic mass is 9.33. The average Bonchev–Trinajstić information content (AvgIpc) is 2.58. The average molecular weight is 410 g/mol. The largest absolute Gasteiger partial charge is 0.243 e. The van der Waals surface area contributed by atoms with Crippen molar-refractivity contribution >= 4 is 23.1 Å². The van der Waals surface area contributed by atoms with Gasteiger partial charge in [-0.1, -0.05) is 118 Å². The predicted octanol–water partition coefficient (Wildman–Crippen LogP) is 5.97. The third-order valence-corrected chi connectivity index (χ3v) is 6.80. The van der Waals surface area contributed by atoms with E-state index in [0.717, 1.165) is 0 Å². The van der Waals surface area contributed by atoms with E-state index in [1.165, 1.54) is 66.5 Å². The Labute approximate surface area is 191 Å². The van der Waals surface area contributed by atoms with Gasteiger partial charge in [-0.2, -0.15) is 0 Å². The topological polar surface area (TPSA) is 0 Å². The van der Waals surface area contributed by atoms with Gasteiger partial charge in [0.25, 0.3) is 0 Å². The summed E-state index contributed by atoms with van der Waals surface area (Å²) in [6.07, 6.45) is 0. The summed E-state index contributed by atoms with van der Waals surface area (Å²) in [5.74, 6) is 0. The molecule has 0 nitrogen and oxygen atoms in total. The summed E-state index contributed by atoms with van der Waals surface area (Å²) in [6, 6.07) is 14.2. The molecule has 0 saturated carbocycles. The smallest absolute Gasteiger partial charge is 0.0629 e. The quantitative estimate of drug-likeness (QED) is 0.467. The molecule has 31 heavy (non-hydrogen) atoms. The lowest BCUT2D eigenvalue weighted by Crippen LogP contribution is -2.57. The fraction of sp³-hybridized carbons (Fsp3) is 0.400. The second kappa shape index (κ2) is 8.34. The summed E-state index contributed by atoms with van der Waals surface area (Å²) in [5.41, 5.74) is 17.0. The van der Waals surface area contributed by atoms with Crippen LogP contribution in [0.4, 0.5) is 0 Å². The first-order chi connectivity index (χ1) is 14.3. The van der Waals surface area contributed by atoms with Crippen molar-refractivity contribution < 1.29 is 0 Å². The molecule has 0 aliphatic carbocycles. The van der Waals surface area contributed by atoms with Gasteiger partial charge in [-0.05, 0) is 66.4 Å². The third kappa shape index (κ3) is 4.52. The molecular formula is C30H39B. The van der Waals surface area contributed by atoms with Crippen LogP contribution in [-0.2, 0) is 5.41 Å². The molecule has 0 unspecified atom stereocenters. The van der Waals surface area contributed by atoms with E-state index in [4.69, 9.17) is 0 Å². The molecule has 0 aromatic heterocycles. The minimum absolute atomic E-state index is 0.148. The Morgan fingerprint density at radius 1 is 0.452 bits per heavy atom. The first kappa shape index (κ1) is 23.4. The summed E-state index contributed by atoms with van der Waals surface area (Å²) >= 11 is 0. The first-order valence-corrected chi connectivity index (χ1v) is 11.6. The molecule has 0 bridgehead atoms. The van der Waals surface area contributed by atoms with Gasteiger partial charge in [0.1, 0.15) is 0 Å². The maximum absolute atomic E-state index is 2.42. The van der Waals surface area contributed by atoms with Crippen molar-refractivity contribution in [3.63, 3.8) is 0 Å². The molecule has 0 radical (unpaired) electrons. The van der Waals surface area contributed by atoms with Crippen LogP contribution in [0.5, 0.6) is 0 Å². The Morgan fingerprint density at radius 2 is 0.710 bits per heavy atom. The molecule has 0 heterocycles. The van der Waals surface area contributed by atoms with Gasteiger partial charge in [0.05, 0.1) is 0 Å².